The first-order valence-electron chi connectivity index (χ1n) is 14.9. The Bertz CT molecular complexity index is 1660. The number of anilines is 1. The van der Waals surface area contributed by atoms with Gasteiger partial charge in [-0.05, 0) is 67.6 Å². The molecule has 0 aliphatic heterocycles. The second kappa shape index (κ2) is 14.8. The van der Waals surface area contributed by atoms with Crippen molar-refractivity contribution in [2.24, 2.45) is 0 Å². The Balaban J connectivity index is 1.81. The summed E-state index contributed by atoms with van der Waals surface area (Å²) < 4.78 is 29.7. The molecule has 1 unspecified atom stereocenters. The number of carbonyl (C=O) groups is 2. The van der Waals surface area contributed by atoms with Crippen LogP contribution in [0.15, 0.2) is 108 Å². The topological polar surface area (TPSA) is 86.8 Å². The van der Waals surface area contributed by atoms with Crippen LogP contribution in [0.1, 0.15) is 41.2 Å². The Morgan fingerprint density at radius 2 is 1.36 bits per heavy atom. The molecule has 1 atom stereocenters. The molecule has 0 fully saturated rings. The van der Waals surface area contributed by atoms with Crippen molar-refractivity contribution in [3.8, 4) is 0 Å². The fourth-order valence-electron chi connectivity index (χ4n) is 5.04. The second-order valence-electron chi connectivity index (χ2n) is 11.1. The molecule has 0 aliphatic carbocycles. The maximum atomic E-state index is 14.5. The van der Waals surface area contributed by atoms with Crippen LogP contribution in [-0.4, -0.2) is 44.3 Å². The molecule has 0 radical (unpaired) electrons. The number of sulfonamides is 1. The van der Waals surface area contributed by atoms with Crippen molar-refractivity contribution in [2.45, 2.75) is 58.0 Å². The summed E-state index contributed by atoms with van der Waals surface area (Å²) in [5, 5.41) is 2.97. The fraction of sp³-hybridized carbons (Fsp3) is 0.278. The van der Waals surface area contributed by atoms with E-state index in [0.29, 0.717) is 12.2 Å². The lowest BCUT2D eigenvalue weighted by Crippen LogP contribution is -2.53. The van der Waals surface area contributed by atoms with E-state index in [1.165, 1.54) is 9.21 Å². The number of hydrogen-bond donors (Lipinski definition) is 1. The summed E-state index contributed by atoms with van der Waals surface area (Å²) in [6.07, 6.45) is 1.02. The number of carbonyl (C=O) groups excluding carboxylic acids is 2. The number of benzene rings is 4. The third-order valence-corrected chi connectivity index (χ3v) is 9.31. The van der Waals surface area contributed by atoms with Crippen LogP contribution in [0.3, 0.4) is 0 Å². The van der Waals surface area contributed by atoms with Gasteiger partial charge < -0.3 is 10.2 Å². The average molecular weight is 612 g/mol. The first kappa shape index (κ1) is 32.5. The van der Waals surface area contributed by atoms with Gasteiger partial charge in [-0.15, -0.1) is 0 Å². The molecule has 1 N–H and O–H groups in total. The summed E-state index contributed by atoms with van der Waals surface area (Å²) in [5.41, 5.74) is 4.66. The highest BCUT2D eigenvalue weighted by Gasteiger charge is 2.35. The Hall–Kier alpha value is -4.43. The van der Waals surface area contributed by atoms with E-state index in [-0.39, 0.29) is 23.8 Å². The molecule has 4 aromatic rings. The normalized spacial score (nSPS) is 11.9. The lowest BCUT2D eigenvalue weighted by Gasteiger charge is -2.34. The minimum atomic E-state index is -4.15. The van der Waals surface area contributed by atoms with Gasteiger partial charge in [0, 0.05) is 19.5 Å². The molecule has 0 aromatic heterocycles. The van der Waals surface area contributed by atoms with Gasteiger partial charge in [-0.1, -0.05) is 97.4 Å². The highest BCUT2D eigenvalue weighted by molar-refractivity contribution is 7.92. The van der Waals surface area contributed by atoms with Crippen LogP contribution >= 0.6 is 0 Å². The van der Waals surface area contributed by atoms with Crippen LogP contribution in [0.25, 0.3) is 0 Å². The quantitative estimate of drug-likeness (QED) is 0.202. The average Bonchev–Trinajstić information content (AvgIpc) is 3.02. The fourth-order valence-corrected chi connectivity index (χ4v) is 6.51. The van der Waals surface area contributed by atoms with Crippen molar-refractivity contribution in [3.05, 3.63) is 131 Å². The number of nitrogens with one attached hydrogen (secondary N) is 1. The van der Waals surface area contributed by atoms with Gasteiger partial charge in [-0.25, -0.2) is 8.42 Å². The van der Waals surface area contributed by atoms with Crippen molar-refractivity contribution in [1.82, 2.24) is 10.2 Å². The van der Waals surface area contributed by atoms with E-state index < -0.39 is 28.5 Å². The predicted octanol–water partition coefficient (Wildman–Crippen LogP) is 5.97. The van der Waals surface area contributed by atoms with Gasteiger partial charge in [-0.3, -0.25) is 13.9 Å². The minimum absolute atomic E-state index is 0.0907. The molecule has 4 aromatic carbocycles. The van der Waals surface area contributed by atoms with E-state index in [9.17, 15) is 18.0 Å². The van der Waals surface area contributed by atoms with Gasteiger partial charge in [-0.2, -0.15) is 0 Å². The lowest BCUT2D eigenvalue weighted by molar-refractivity contribution is -0.140. The Morgan fingerprint density at radius 1 is 0.773 bits per heavy atom. The molecular formula is C36H41N3O4S. The predicted molar refractivity (Wildman–Crippen MR) is 176 cm³/mol. The summed E-state index contributed by atoms with van der Waals surface area (Å²) in [5.74, 6) is -0.752. The number of nitrogens with zero attached hydrogens (tertiary/aromatic N) is 2. The minimum Gasteiger partial charge on any atom is -0.354 e. The lowest BCUT2D eigenvalue weighted by atomic mass is 10.0. The summed E-state index contributed by atoms with van der Waals surface area (Å²) >= 11 is 0. The molecule has 4 rings (SSSR count). The van der Waals surface area contributed by atoms with Crippen molar-refractivity contribution < 1.29 is 18.0 Å². The summed E-state index contributed by atoms with van der Waals surface area (Å²) in [6, 6.07) is 30.3. The van der Waals surface area contributed by atoms with E-state index in [0.717, 1.165) is 34.2 Å². The Kier molecular flexibility index (Phi) is 11.0. The molecular weight excluding hydrogens is 570 g/mol. The summed E-state index contributed by atoms with van der Waals surface area (Å²) in [7, 11) is -4.15. The van der Waals surface area contributed by atoms with E-state index in [1.54, 1.807) is 30.3 Å². The SMILES string of the molecule is CCCNC(=O)C(Cc1ccccc1)N(Cc1ccccc1)C(=O)CN(c1cc(C)ccc1C)S(=O)(=O)c1ccc(C)cc1. The maximum Gasteiger partial charge on any atom is 0.264 e. The molecule has 7 nitrogen and oxygen atoms in total. The molecule has 2 amide bonds. The molecule has 0 saturated heterocycles. The van der Waals surface area contributed by atoms with Crippen LogP contribution < -0.4 is 9.62 Å². The van der Waals surface area contributed by atoms with Crippen LogP contribution in [0.4, 0.5) is 5.69 Å². The van der Waals surface area contributed by atoms with Crippen molar-refractivity contribution >= 4 is 27.5 Å². The number of rotatable bonds is 13. The van der Waals surface area contributed by atoms with Gasteiger partial charge >= 0.3 is 0 Å². The zero-order valence-electron chi connectivity index (χ0n) is 25.9. The smallest absolute Gasteiger partial charge is 0.264 e. The van der Waals surface area contributed by atoms with Crippen molar-refractivity contribution in [1.29, 1.82) is 0 Å². The Labute approximate surface area is 261 Å². The third kappa shape index (κ3) is 8.14. The monoisotopic (exact) mass is 611 g/mol. The molecule has 0 spiro atoms. The summed E-state index contributed by atoms with van der Waals surface area (Å²) in [6.45, 7) is 7.71. The van der Waals surface area contributed by atoms with E-state index in [1.807, 2.05) is 100 Å². The second-order valence-corrected chi connectivity index (χ2v) is 13.0. The molecule has 0 bridgehead atoms. The van der Waals surface area contributed by atoms with Gasteiger partial charge in [0.25, 0.3) is 10.0 Å². The highest BCUT2D eigenvalue weighted by Crippen LogP contribution is 2.29. The van der Waals surface area contributed by atoms with Gasteiger partial charge in [0.05, 0.1) is 10.6 Å². The van der Waals surface area contributed by atoms with E-state index in [2.05, 4.69) is 5.32 Å². The third-order valence-electron chi connectivity index (χ3n) is 7.54. The zero-order valence-corrected chi connectivity index (χ0v) is 26.7. The first-order valence-corrected chi connectivity index (χ1v) is 16.4. The first-order chi connectivity index (χ1) is 21.1. The molecule has 0 heterocycles. The number of amides is 2. The molecule has 44 heavy (non-hydrogen) atoms. The number of aryl methyl sites for hydroxylation is 3. The Morgan fingerprint density at radius 3 is 1.98 bits per heavy atom. The molecule has 0 saturated carbocycles. The summed E-state index contributed by atoms with van der Waals surface area (Å²) in [4.78, 5) is 29.8. The van der Waals surface area contributed by atoms with Crippen LogP contribution in [-0.2, 0) is 32.6 Å². The van der Waals surface area contributed by atoms with E-state index >= 15 is 0 Å². The zero-order chi connectivity index (χ0) is 31.7. The van der Waals surface area contributed by atoms with Gasteiger partial charge in [0.15, 0.2) is 0 Å². The van der Waals surface area contributed by atoms with Gasteiger partial charge in [0.2, 0.25) is 11.8 Å². The standard InChI is InChI=1S/C36H41N3O4S/c1-5-22-37-36(41)34(24-30-12-8-6-9-13-30)38(25-31-14-10-7-11-15-31)35(40)26-39(33-23-28(3)16-19-29(33)4)44(42,43)32-20-17-27(2)18-21-32/h6-21,23,34H,5,22,24-26H2,1-4H3,(H,37,41). The van der Waals surface area contributed by atoms with E-state index in [4.69, 9.17) is 0 Å². The molecule has 230 valence electrons. The number of hydrogen-bond acceptors (Lipinski definition) is 4. The van der Waals surface area contributed by atoms with Crippen LogP contribution in [0.2, 0.25) is 0 Å². The van der Waals surface area contributed by atoms with Crippen molar-refractivity contribution in [2.75, 3.05) is 17.4 Å². The molecule has 8 heteroatoms. The van der Waals surface area contributed by atoms with Crippen molar-refractivity contribution in [3.63, 3.8) is 0 Å². The maximum absolute atomic E-state index is 14.5. The van der Waals surface area contributed by atoms with Crippen LogP contribution in [0, 0.1) is 20.8 Å². The highest BCUT2D eigenvalue weighted by atomic mass is 32.2. The van der Waals surface area contributed by atoms with Crippen LogP contribution in [0.5, 0.6) is 0 Å². The largest absolute Gasteiger partial charge is 0.354 e. The molecule has 0 aliphatic rings. The van der Waals surface area contributed by atoms with Gasteiger partial charge in [0.1, 0.15) is 12.6 Å².